The number of methoxy groups -OCH3 is 1. The second-order valence-electron chi connectivity index (χ2n) is 6.34. The highest BCUT2D eigenvalue weighted by molar-refractivity contribution is 5.72. The molecule has 20 heavy (non-hydrogen) atoms. The molecular weight excluding hydrogens is 258 g/mol. The molecule has 2 heterocycles. The third-order valence-electron chi connectivity index (χ3n) is 3.62. The van der Waals surface area contributed by atoms with Gasteiger partial charge in [0.2, 0.25) is 5.89 Å². The fourth-order valence-electron chi connectivity index (χ4n) is 2.31. The summed E-state index contributed by atoms with van der Waals surface area (Å²) in [5, 5.41) is 4.02. The van der Waals surface area contributed by atoms with E-state index in [0.717, 1.165) is 31.8 Å². The van der Waals surface area contributed by atoms with Gasteiger partial charge in [-0.1, -0.05) is 25.9 Å². The van der Waals surface area contributed by atoms with Crippen molar-refractivity contribution in [2.75, 3.05) is 20.2 Å². The Bertz CT molecular complexity index is 456. The number of likely N-dealkylation sites (tertiary alicyclic amines) is 1. The van der Waals surface area contributed by atoms with Gasteiger partial charge < -0.3 is 9.26 Å². The first-order valence-corrected chi connectivity index (χ1v) is 7.03. The standard InChI is InChI=1S/C14H23N3O3/c1-14(2,3)13-15-11(20-16-13)9-17-7-5-10(6-8-17)12(18)19-4/h10H,5-9H2,1-4H3. The molecule has 1 aliphatic rings. The average Bonchev–Trinajstić information content (AvgIpc) is 2.87. The molecule has 6 heteroatoms. The third kappa shape index (κ3) is 3.56. The maximum Gasteiger partial charge on any atom is 0.308 e. The van der Waals surface area contributed by atoms with Gasteiger partial charge in [0.15, 0.2) is 5.82 Å². The van der Waals surface area contributed by atoms with Crippen LogP contribution in [0.15, 0.2) is 4.52 Å². The van der Waals surface area contributed by atoms with Gasteiger partial charge in [-0.25, -0.2) is 0 Å². The fraction of sp³-hybridized carbons (Fsp3) is 0.786. The number of hydrogen-bond donors (Lipinski definition) is 0. The second kappa shape index (κ2) is 5.91. The fourth-order valence-corrected chi connectivity index (χ4v) is 2.31. The number of rotatable bonds is 3. The van der Waals surface area contributed by atoms with Crippen LogP contribution in [-0.4, -0.2) is 41.2 Å². The molecule has 2 rings (SSSR count). The quantitative estimate of drug-likeness (QED) is 0.786. The molecule has 0 bridgehead atoms. The lowest BCUT2D eigenvalue weighted by Crippen LogP contribution is -2.36. The Labute approximate surface area is 119 Å². The van der Waals surface area contributed by atoms with E-state index in [2.05, 4.69) is 35.8 Å². The monoisotopic (exact) mass is 281 g/mol. The van der Waals surface area contributed by atoms with Crippen molar-refractivity contribution < 1.29 is 14.1 Å². The molecule has 6 nitrogen and oxygen atoms in total. The molecular formula is C14H23N3O3. The van der Waals surface area contributed by atoms with Crippen LogP contribution in [0, 0.1) is 5.92 Å². The van der Waals surface area contributed by atoms with Crippen LogP contribution in [0.25, 0.3) is 0 Å². The van der Waals surface area contributed by atoms with Crippen LogP contribution >= 0.6 is 0 Å². The predicted molar refractivity (Wildman–Crippen MR) is 73.0 cm³/mol. The molecule has 1 aromatic heterocycles. The Morgan fingerprint density at radius 1 is 1.40 bits per heavy atom. The smallest absolute Gasteiger partial charge is 0.308 e. The van der Waals surface area contributed by atoms with E-state index in [1.807, 2.05) is 0 Å². The van der Waals surface area contributed by atoms with Crippen LogP contribution in [-0.2, 0) is 21.5 Å². The minimum Gasteiger partial charge on any atom is -0.469 e. The van der Waals surface area contributed by atoms with Crippen LogP contribution in [0.4, 0.5) is 0 Å². The van der Waals surface area contributed by atoms with Gasteiger partial charge in [0, 0.05) is 5.41 Å². The van der Waals surface area contributed by atoms with E-state index >= 15 is 0 Å². The Morgan fingerprint density at radius 3 is 2.55 bits per heavy atom. The molecule has 0 radical (unpaired) electrons. The van der Waals surface area contributed by atoms with Crippen molar-refractivity contribution in [3.63, 3.8) is 0 Å². The SMILES string of the molecule is COC(=O)C1CCN(Cc2nc(C(C)(C)C)no2)CC1. The molecule has 1 aromatic rings. The average molecular weight is 281 g/mol. The van der Waals surface area contributed by atoms with Gasteiger partial charge in [-0.2, -0.15) is 4.98 Å². The summed E-state index contributed by atoms with van der Waals surface area (Å²) in [6.07, 6.45) is 1.65. The second-order valence-corrected chi connectivity index (χ2v) is 6.34. The predicted octanol–water partition coefficient (Wildman–Crippen LogP) is 1.75. The first-order chi connectivity index (χ1) is 9.40. The largest absolute Gasteiger partial charge is 0.469 e. The van der Waals surface area contributed by atoms with Gasteiger partial charge in [-0.3, -0.25) is 9.69 Å². The number of aromatic nitrogens is 2. The number of carbonyl (C=O) groups excluding carboxylic acids is 1. The summed E-state index contributed by atoms with van der Waals surface area (Å²) in [5.74, 6) is 1.31. The number of ether oxygens (including phenoxy) is 1. The van der Waals surface area contributed by atoms with Crippen molar-refractivity contribution in [3.8, 4) is 0 Å². The minimum atomic E-state index is -0.0996. The first kappa shape index (κ1) is 15.0. The lowest BCUT2D eigenvalue weighted by Gasteiger charge is -2.29. The zero-order chi connectivity index (χ0) is 14.8. The lowest BCUT2D eigenvalue weighted by molar-refractivity contribution is -0.147. The van der Waals surface area contributed by atoms with Crippen molar-refractivity contribution in [1.82, 2.24) is 15.0 Å². The third-order valence-corrected chi connectivity index (χ3v) is 3.62. The van der Waals surface area contributed by atoms with Gasteiger partial charge in [0.1, 0.15) is 0 Å². The Morgan fingerprint density at radius 2 is 2.05 bits per heavy atom. The van der Waals surface area contributed by atoms with E-state index in [1.165, 1.54) is 7.11 Å². The topological polar surface area (TPSA) is 68.5 Å². The number of carbonyl (C=O) groups is 1. The highest BCUT2D eigenvalue weighted by atomic mass is 16.5. The normalized spacial score (nSPS) is 18.2. The lowest BCUT2D eigenvalue weighted by atomic mass is 9.96. The summed E-state index contributed by atoms with van der Waals surface area (Å²) in [4.78, 5) is 18.1. The molecule has 0 aromatic carbocycles. The molecule has 112 valence electrons. The molecule has 0 atom stereocenters. The number of nitrogens with zero attached hydrogens (tertiary/aromatic N) is 3. The summed E-state index contributed by atoms with van der Waals surface area (Å²) in [5.41, 5.74) is -0.0976. The van der Waals surface area contributed by atoms with Crippen molar-refractivity contribution in [2.24, 2.45) is 5.92 Å². The molecule has 0 N–H and O–H groups in total. The van der Waals surface area contributed by atoms with Crippen molar-refractivity contribution >= 4 is 5.97 Å². The van der Waals surface area contributed by atoms with Crippen LogP contribution in [0.5, 0.6) is 0 Å². The summed E-state index contributed by atoms with van der Waals surface area (Å²) in [7, 11) is 1.45. The Kier molecular flexibility index (Phi) is 4.42. The Hall–Kier alpha value is -1.43. The molecule has 0 amide bonds. The van der Waals surface area contributed by atoms with Gasteiger partial charge >= 0.3 is 5.97 Å². The maximum absolute atomic E-state index is 11.5. The summed E-state index contributed by atoms with van der Waals surface area (Å²) >= 11 is 0. The molecule has 1 fully saturated rings. The molecule has 1 saturated heterocycles. The van der Waals surface area contributed by atoms with E-state index in [0.29, 0.717) is 12.4 Å². The van der Waals surface area contributed by atoms with E-state index in [9.17, 15) is 4.79 Å². The van der Waals surface area contributed by atoms with Gasteiger partial charge in [0.05, 0.1) is 19.6 Å². The summed E-state index contributed by atoms with van der Waals surface area (Å²) in [6, 6.07) is 0. The highest BCUT2D eigenvalue weighted by Crippen LogP contribution is 2.21. The summed E-state index contributed by atoms with van der Waals surface area (Å²) < 4.78 is 10.1. The number of hydrogen-bond acceptors (Lipinski definition) is 6. The van der Waals surface area contributed by atoms with E-state index in [4.69, 9.17) is 9.26 Å². The Balaban J connectivity index is 1.87. The van der Waals surface area contributed by atoms with Crippen LogP contribution in [0.1, 0.15) is 45.3 Å². The molecule has 1 aliphatic heterocycles. The van der Waals surface area contributed by atoms with Crippen molar-refractivity contribution in [2.45, 2.75) is 45.6 Å². The first-order valence-electron chi connectivity index (χ1n) is 7.03. The molecule has 0 aliphatic carbocycles. The molecule has 0 unspecified atom stereocenters. The van der Waals surface area contributed by atoms with E-state index in [-0.39, 0.29) is 17.3 Å². The summed E-state index contributed by atoms with van der Waals surface area (Å²) in [6.45, 7) is 8.54. The molecule has 0 saturated carbocycles. The van der Waals surface area contributed by atoms with Crippen LogP contribution < -0.4 is 0 Å². The number of piperidine rings is 1. The van der Waals surface area contributed by atoms with Crippen LogP contribution in [0.2, 0.25) is 0 Å². The molecule has 0 spiro atoms. The zero-order valence-electron chi connectivity index (χ0n) is 12.7. The zero-order valence-corrected chi connectivity index (χ0v) is 12.7. The minimum absolute atomic E-state index is 0.0315. The van der Waals surface area contributed by atoms with Gasteiger partial charge in [-0.05, 0) is 25.9 Å². The highest BCUT2D eigenvalue weighted by Gasteiger charge is 2.27. The number of esters is 1. The van der Waals surface area contributed by atoms with E-state index < -0.39 is 0 Å². The van der Waals surface area contributed by atoms with Crippen LogP contribution in [0.3, 0.4) is 0 Å². The van der Waals surface area contributed by atoms with Crippen molar-refractivity contribution in [1.29, 1.82) is 0 Å². The van der Waals surface area contributed by atoms with Gasteiger partial charge in [-0.15, -0.1) is 0 Å². The van der Waals surface area contributed by atoms with Gasteiger partial charge in [0.25, 0.3) is 0 Å². The van der Waals surface area contributed by atoms with Crippen molar-refractivity contribution in [3.05, 3.63) is 11.7 Å². The maximum atomic E-state index is 11.5. The van der Waals surface area contributed by atoms with E-state index in [1.54, 1.807) is 0 Å².